The van der Waals surface area contributed by atoms with E-state index < -0.39 is 14.9 Å². The molecule has 0 unspecified atom stereocenters. The molecule has 1 aliphatic carbocycles. The van der Waals surface area contributed by atoms with Gasteiger partial charge >= 0.3 is 0 Å². The van der Waals surface area contributed by atoms with Crippen LogP contribution in [0.25, 0.3) is 11.1 Å². The fraction of sp³-hybridized carbons (Fsp3) is 0.133. The van der Waals surface area contributed by atoms with Gasteiger partial charge in [-0.2, -0.15) is 0 Å². The first-order chi connectivity index (χ1) is 18.8. The molecule has 0 aromatic heterocycles. The smallest absolute Gasteiger partial charge is 0.269 e. The molecule has 0 saturated heterocycles. The Morgan fingerprint density at radius 2 is 1.64 bits per heavy atom. The summed E-state index contributed by atoms with van der Waals surface area (Å²) in [6.07, 6.45) is 4.89. The van der Waals surface area contributed by atoms with Crippen molar-refractivity contribution in [1.82, 2.24) is 0 Å². The van der Waals surface area contributed by atoms with E-state index in [1.807, 2.05) is 42.5 Å². The molecule has 0 fully saturated rings. The molecule has 1 heterocycles. The number of hydrogen-bond acceptors (Lipinski definition) is 5. The van der Waals surface area contributed by atoms with Gasteiger partial charge in [-0.25, -0.2) is 8.42 Å². The number of nitro benzene ring substituents is 1. The van der Waals surface area contributed by atoms with Crippen LogP contribution < -0.4 is 10.0 Å². The zero-order chi connectivity index (χ0) is 27.1. The molecule has 9 heteroatoms. The predicted octanol–water partition coefficient (Wildman–Crippen LogP) is 7.54. The highest BCUT2D eigenvalue weighted by Gasteiger charge is 2.39. The summed E-state index contributed by atoms with van der Waals surface area (Å²) < 4.78 is 29.4. The molecule has 0 saturated carbocycles. The van der Waals surface area contributed by atoms with Crippen LogP contribution in [0.2, 0.25) is 5.02 Å². The van der Waals surface area contributed by atoms with E-state index in [0.717, 1.165) is 28.8 Å². The summed E-state index contributed by atoms with van der Waals surface area (Å²) >= 11 is 6.49. The number of nitro groups is 1. The zero-order valence-corrected chi connectivity index (χ0v) is 22.2. The first-order valence-corrected chi connectivity index (χ1v) is 14.4. The summed E-state index contributed by atoms with van der Waals surface area (Å²) in [5.41, 5.74) is 4.81. The van der Waals surface area contributed by atoms with Gasteiger partial charge in [-0.15, -0.1) is 0 Å². The number of anilines is 2. The predicted molar refractivity (Wildman–Crippen MR) is 154 cm³/mol. The van der Waals surface area contributed by atoms with Gasteiger partial charge in [-0.05, 0) is 65.4 Å². The molecular formula is C30H24ClN3O4S. The monoisotopic (exact) mass is 557 g/mol. The second-order valence-electron chi connectivity index (χ2n) is 9.74. The van der Waals surface area contributed by atoms with E-state index in [-0.39, 0.29) is 28.5 Å². The number of halogens is 1. The van der Waals surface area contributed by atoms with Crippen molar-refractivity contribution < 1.29 is 13.3 Å². The largest absolute Gasteiger partial charge is 0.378 e. The van der Waals surface area contributed by atoms with Crippen molar-refractivity contribution in [3.8, 4) is 11.1 Å². The topological polar surface area (TPSA) is 101 Å². The molecule has 4 aromatic carbocycles. The molecule has 6 rings (SSSR count). The third kappa shape index (κ3) is 4.77. The van der Waals surface area contributed by atoms with Crippen LogP contribution in [-0.4, -0.2) is 13.3 Å². The Bertz CT molecular complexity index is 1710. The van der Waals surface area contributed by atoms with Crippen molar-refractivity contribution in [1.29, 1.82) is 0 Å². The number of allylic oxidation sites excluding steroid dienone is 2. The van der Waals surface area contributed by atoms with Gasteiger partial charge in [0.15, 0.2) is 0 Å². The van der Waals surface area contributed by atoms with Gasteiger partial charge in [-0.1, -0.05) is 66.2 Å². The van der Waals surface area contributed by atoms with E-state index in [9.17, 15) is 18.5 Å². The summed E-state index contributed by atoms with van der Waals surface area (Å²) in [6.45, 7) is 0. The standard InChI is InChI=1S/C30H24ClN3O4S/c31-28-15-13-22(34(35)36)17-27(28)30-25-8-4-7-24(25)26-18-23(14-16-29(26)32-30)39(37,38)33-21-11-9-20(10-12-21)19-5-2-1-3-6-19/h1-7,9-18,24-25,30,32-33H,8H2/t24-,25+,30-/m0/s1. The third-order valence-corrected chi connectivity index (χ3v) is 9.14. The number of nitrogens with zero attached hydrogens (tertiary/aromatic N) is 1. The van der Waals surface area contributed by atoms with E-state index in [2.05, 4.69) is 22.2 Å². The number of hydrogen-bond donors (Lipinski definition) is 2. The van der Waals surface area contributed by atoms with Crippen molar-refractivity contribution in [2.45, 2.75) is 23.3 Å². The Hall–Kier alpha value is -4.14. The number of fused-ring (bicyclic) bond motifs is 3. The molecule has 196 valence electrons. The van der Waals surface area contributed by atoms with Crippen molar-refractivity contribution >= 4 is 38.7 Å². The lowest BCUT2D eigenvalue weighted by Gasteiger charge is -2.38. The number of rotatable bonds is 6. The average molecular weight is 558 g/mol. The van der Waals surface area contributed by atoms with E-state index >= 15 is 0 Å². The summed E-state index contributed by atoms with van der Waals surface area (Å²) in [4.78, 5) is 11.1. The highest BCUT2D eigenvalue weighted by atomic mass is 35.5. The maximum absolute atomic E-state index is 13.3. The molecule has 1 aliphatic heterocycles. The minimum Gasteiger partial charge on any atom is -0.378 e. The van der Waals surface area contributed by atoms with Crippen LogP contribution in [0, 0.1) is 16.0 Å². The zero-order valence-electron chi connectivity index (χ0n) is 20.6. The molecule has 4 aromatic rings. The lowest BCUT2D eigenvalue weighted by Crippen LogP contribution is -2.29. The maximum Gasteiger partial charge on any atom is 0.269 e. The Morgan fingerprint density at radius 3 is 2.38 bits per heavy atom. The average Bonchev–Trinajstić information content (AvgIpc) is 3.44. The maximum atomic E-state index is 13.3. The lowest BCUT2D eigenvalue weighted by atomic mass is 9.77. The Kier molecular flexibility index (Phi) is 6.37. The summed E-state index contributed by atoms with van der Waals surface area (Å²) in [7, 11) is -3.84. The summed E-state index contributed by atoms with van der Waals surface area (Å²) in [6, 6.07) is 26.4. The van der Waals surface area contributed by atoms with Crippen molar-refractivity contribution in [3.05, 3.63) is 129 Å². The van der Waals surface area contributed by atoms with Gasteiger partial charge in [0.05, 0.1) is 15.9 Å². The third-order valence-electron chi connectivity index (χ3n) is 7.41. The van der Waals surface area contributed by atoms with Crippen molar-refractivity contribution in [2.75, 3.05) is 10.0 Å². The van der Waals surface area contributed by atoms with Gasteiger partial charge in [0.25, 0.3) is 15.7 Å². The first-order valence-electron chi connectivity index (χ1n) is 12.5. The Balaban J connectivity index is 1.28. The molecule has 2 N–H and O–H groups in total. The van der Waals surface area contributed by atoms with Crippen LogP contribution in [0.4, 0.5) is 17.1 Å². The van der Waals surface area contributed by atoms with Gasteiger partial charge in [0.2, 0.25) is 0 Å². The van der Waals surface area contributed by atoms with E-state index in [1.165, 1.54) is 12.1 Å². The summed E-state index contributed by atoms with van der Waals surface area (Å²) in [5, 5.41) is 15.3. The molecule has 7 nitrogen and oxygen atoms in total. The lowest BCUT2D eigenvalue weighted by molar-refractivity contribution is -0.384. The second kappa shape index (κ2) is 9.87. The molecule has 0 spiro atoms. The molecule has 3 atom stereocenters. The fourth-order valence-electron chi connectivity index (χ4n) is 5.51. The van der Waals surface area contributed by atoms with Gasteiger partial charge in [0, 0.05) is 40.0 Å². The molecule has 0 amide bonds. The van der Waals surface area contributed by atoms with Crippen molar-refractivity contribution in [2.24, 2.45) is 5.92 Å². The van der Waals surface area contributed by atoms with E-state index in [1.54, 1.807) is 36.4 Å². The van der Waals surface area contributed by atoms with Crippen LogP contribution in [0.5, 0.6) is 0 Å². The Labute approximate surface area is 231 Å². The van der Waals surface area contributed by atoms with Crippen LogP contribution >= 0.6 is 11.6 Å². The van der Waals surface area contributed by atoms with Crippen molar-refractivity contribution in [3.63, 3.8) is 0 Å². The quantitative estimate of drug-likeness (QED) is 0.145. The fourth-order valence-corrected chi connectivity index (χ4v) is 6.83. The van der Waals surface area contributed by atoms with E-state index in [4.69, 9.17) is 11.6 Å². The van der Waals surface area contributed by atoms with Crippen LogP contribution in [0.3, 0.4) is 0 Å². The summed E-state index contributed by atoms with van der Waals surface area (Å²) in [5.74, 6) is -0.0182. The molecular weight excluding hydrogens is 534 g/mol. The van der Waals surface area contributed by atoms with E-state index in [0.29, 0.717) is 16.3 Å². The van der Waals surface area contributed by atoms with Crippen LogP contribution in [0.1, 0.15) is 29.5 Å². The highest BCUT2D eigenvalue weighted by Crippen LogP contribution is 2.51. The number of sulfonamides is 1. The normalized spacial score (nSPS) is 19.6. The van der Waals surface area contributed by atoms with Crippen LogP contribution in [0.15, 0.2) is 108 Å². The molecule has 0 bridgehead atoms. The number of nitrogens with one attached hydrogen (secondary N) is 2. The second-order valence-corrected chi connectivity index (χ2v) is 11.8. The Morgan fingerprint density at radius 1 is 0.897 bits per heavy atom. The van der Waals surface area contributed by atoms with Crippen LogP contribution in [-0.2, 0) is 10.0 Å². The van der Waals surface area contributed by atoms with Gasteiger partial charge < -0.3 is 5.32 Å². The number of non-ortho nitro benzene ring substituents is 1. The van der Waals surface area contributed by atoms with Gasteiger partial charge in [-0.3, -0.25) is 14.8 Å². The first kappa shape index (κ1) is 25.2. The SMILES string of the molecule is O=[N+]([O-])c1ccc(Cl)c([C@H]2Nc3ccc(S(=O)(=O)Nc4ccc(-c5ccccc5)cc4)cc3[C@H]3C=CC[C@H]32)c1. The minimum absolute atomic E-state index is 0.0196. The minimum atomic E-state index is -3.84. The molecule has 0 radical (unpaired) electrons. The van der Waals surface area contributed by atoms with Gasteiger partial charge in [0.1, 0.15) is 0 Å². The number of benzene rings is 4. The highest BCUT2D eigenvalue weighted by molar-refractivity contribution is 7.92. The molecule has 39 heavy (non-hydrogen) atoms. The molecule has 2 aliphatic rings.